The molecule has 2 aromatic heterocycles. The van der Waals surface area contributed by atoms with Gasteiger partial charge >= 0.3 is 5.97 Å². The number of pyridine rings is 1. The summed E-state index contributed by atoms with van der Waals surface area (Å²) in [6, 6.07) is 8.68. The second kappa shape index (κ2) is 8.14. The maximum Gasteiger partial charge on any atom is 0.345 e. The molecular formula is C20H14Cl3N3O3. The third kappa shape index (κ3) is 4.45. The Labute approximate surface area is 181 Å². The number of aromatic nitrogens is 3. The van der Waals surface area contributed by atoms with Crippen LogP contribution in [0.4, 0.5) is 0 Å². The van der Waals surface area contributed by atoms with Gasteiger partial charge in [-0.15, -0.1) is 10.2 Å². The number of halogens is 3. The third-order valence-corrected chi connectivity index (χ3v) is 5.26. The topological polar surface area (TPSA) is 74.2 Å². The first kappa shape index (κ1) is 19.9. The minimum Gasteiger partial charge on any atom is -0.434 e. The van der Waals surface area contributed by atoms with E-state index in [0.29, 0.717) is 11.7 Å². The van der Waals surface area contributed by atoms with Crippen molar-refractivity contribution in [1.29, 1.82) is 0 Å². The fourth-order valence-corrected chi connectivity index (χ4v) is 3.21. The lowest BCUT2D eigenvalue weighted by atomic mass is 10.1. The number of rotatable bonds is 5. The molecule has 1 aliphatic rings. The highest BCUT2D eigenvalue weighted by Crippen LogP contribution is 2.46. The Kier molecular flexibility index (Phi) is 5.58. The molecule has 1 aliphatic carbocycles. The van der Waals surface area contributed by atoms with E-state index in [0.717, 1.165) is 24.0 Å². The molecule has 0 bridgehead atoms. The molecule has 0 aliphatic heterocycles. The monoisotopic (exact) mass is 449 g/mol. The number of ether oxygens (including phenoxy) is 2. The van der Waals surface area contributed by atoms with E-state index >= 15 is 0 Å². The molecule has 0 atom stereocenters. The Morgan fingerprint density at radius 2 is 1.93 bits per heavy atom. The van der Waals surface area contributed by atoms with Gasteiger partial charge in [0.25, 0.3) is 5.88 Å². The molecule has 4 rings (SSSR count). The highest BCUT2D eigenvalue weighted by Gasteiger charge is 2.28. The zero-order chi connectivity index (χ0) is 20.5. The minimum atomic E-state index is -0.711. The summed E-state index contributed by atoms with van der Waals surface area (Å²) in [5.41, 5.74) is 2.15. The lowest BCUT2D eigenvalue weighted by Crippen LogP contribution is -2.11. The first-order chi connectivity index (χ1) is 13.9. The lowest BCUT2D eigenvalue weighted by molar-refractivity contribution is 0.0728. The molecule has 9 heteroatoms. The standard InChI is InChI=1S/C20H14Cl3N3O3/c1-10-3-2-4-13(11-5-6-11)17(10)29-19-15(8-16(22)25-26-19)28-20(27)12-7-14(21)18(23)24-9-12/h2-4,7-9,11H,5-6H2,1H3. The molecule has 1 fully saturated rings. The van der Waals surface area contributed by atoms with Crippen LogP contribution in [0.2, 0.25) is 15.3 Å². The predicted molar refractivity (Wildman–Crippen MR) is 109 cm³/mol. The van der Waals surface area contributed by atoms with Crippen LogP contribution in [0.5, 0.6) is 17.4 Å². The molecule has 1 saturated carbocycles. The average Bonchev–Trinajstić information content (AvgIpc) is 3.52. The number of hydrogen-bond acceptors (Lipinski definition) is 6. The maximum absolute atomic E-state index is 12.5. The van der Waals surface area contributed by atoms with Gasteiger partial charge < -0.3 is 9.47 Å². The van der Waals surface area contributed by atoms with Gasteiger partial charge in [0.2, 0.25) is 0 Å². The van der Waals surface area contributed by atoms with Crippen molar-refractivity contribution in [3.05, 3.63) is 68.5 Å². The predicted octanol–water partition coefficient (Wildman–Crippen LogP) is 6.03. The molecule has 0 unspecified atom stereocenters. The number of hydrogen-bond donors (Lipinski definition) is 0. The Hall–Kier alpha value is -2.41. The number of para-hydroxylation sites is 1. The summed E-state index contributed by atoms with van der Waals surface area (Å²) in [5, 5.41) is 8.06. The van der Waals surface area contributed by atoms with Crippen LogP contribution in [0.25, 0.3) is 0 Å². The van der Waals surface area contributed by atoms with Crippen LogP contribution in [-0.4, -0.2) is 21.2 Å². The lowest BCUT2D eigenvalue weighted by Gasteiger charge is -2.14. The molecule has 0 amide bonds. The molecule has 0 radical (unpaired) electrons. The maximum atomic E-state index is 12.5. The molecule has 3 aromatic rings. The fraction of sp³-hybridized carbons (Fsp3) is 0.200. The molecule has 1 aromatic carbocycles. The van der Waals surface area contributed by atoms with Gasteiger partial charge in [0.1, 0.15) is 10.9 Å². The van der Waals surface area contributed by atoms with Crippen molar-refractivity contribution in [2.24, 2.45) is 0 Å². The van der Waals surface area contributed by atoms with Crippen LogP contribution in [0, 0.1) is 6.92 Å². The van der Waals surface area contributed by atoms with Crippen LogP contribution < -0.4 is 9.47 Å². The second-order valence-corrected chi connectivity index (χ2v) is 7.74. The fourth-order valence-electron chi connectivity index (χ4n) is 2.80. The van der Waals surface area contributed by atoms with Crippen LogP contribution in [-0.2, 0) is 0 Å². The summed E-state index contributed by atoms with van der Waals surface area (Å²) in [6.07, 6.45) is 3.48. The molecule has 2 heterocycles. The Bertz CT molecular complexity index is 1100. The quantitative estimate of drug-likeness (QED) is 0.349. The van der Waals surface area contributed by atoms with Crippen molar-refractivity contribution in [1.82, 2.24) is 15.2 Å². The zero-order valence-corrected chi connectivity index (χ0v) is 17.4. The van der Waals surface area contributed by atoms with E-state index in [2.05, 4.69) is 15.2 Å². The molecule has 0 spiro atoms. The van der Waals surface area contributed by atoms with Crippen LogP contribution in [0.1, 0.15) is 40.2 Å². The van der Waals surface area contributed by atoms with Crippen molar-refractivity contribution >= 4 is 40.8 Å². The van der Waals surface area contributed by atoms with Crippen LogP contribution in [0.3, 0.4) is 0 Å². The summed E-state index contributed by atoms with van der Waals surface area (Å²) < 4.78 is 11.5. The highest BCUT2D eigenvalue weighted by molar-refractivity contribution is 6.41. The van der Waals surface area contributed by atoms with Crippen molar-refractivity contribution in [2.45, 2.75) is 25.7 Å². The van der Waals surface area contributed by atoms with Crippen LogP contribution in [0.15, 0.2) is 36.5 Å². The first-order valence-electron chi connectivity index (χ1n) is 8.76. The van der Waals surface area contributed by atoms with Gasteiger partial charge in [0.15, 0.2) is 10.9 Å². The molecule has 148 valence electrons. The molecule has 0 saturated heterocycles. The van der Waals surface area contributed by atoms with E-state index in [-0.39, 0.29) is 32.5 Å². The van der Waals surface area contributed by atoms with E-state index in [1.807, 2.05) is 25.1 Å². The number of nitrogens with zero attached hydrogens (tertiary/aromatic N) is 3. The number of aryl methyl sites for hydroxylation is 1. The van der Waals surface area contributed by atoms with E-state index < -0.39 is 5.97 Å². The van der Waals surface area contributed by atoms with Crippen molar-refractivity contribution in [3.63, 3.8) is 0 Å². The number of benzene rings is 1. The Morgan fingerprint density at radius 1 is 1.14 bits per heavy atom. The summed E-state index contributed by atoms with van der Waals surface area (Å²) in [5.74, 6) is 0.494. The van der Waals surface area contributed by atoms with Crippen molar-refractivity contribution in [2.75, 3.05) is 0 Å². The number of esters is 1. The average molecular weight is 451 g/mol. The Balaban J connectivity index is 1.65. The summed E-state index contributed by atoms with van der Waals surface area (Å²) in [7, 11) is 0. The molecule has 29 heavy (non-hydrogen) atoms. The molecular weight excluding hydrogens is 437 g/mol. The minimum absolute atomic E-state index is 0.0334. The van der Waals surface area contributed by atoms with Crippen molar-refractivity contribution in [3.8, 4) is 17.4 Å². The molecule has 6 nitrogen and oxygen atoms in total. The highest BCUT2D eigenvalue weighted by atomic mass is 35.5. The van der Waals surface area contributed by atoms with E-state index in [9.17, 15) is 4.79 Å². The SMILES string of the molecule is Cc1cccc(C2CC2)c1Oc1nnc(Cl)cc1OC(=O)c1cnc(Cl)c(Cl)c1. The van der Waals surface area contributed by atoms with Gasteiger partial charge in [-0.3, -0.25) is 0 Å². The number of carbonyl (C=O) groups is 1. The number of carbonyl (C=O) groups excluding carboxylic acids is 1. The van der Waals surface area contributed by atoms with Gasteiger partial charge in [-0.25, -0.2) is 9.78 Å². The van der Waals surface area contributed by atoms with E-state index in [1.54, 1.807) is 0 Å². The van der Waals surface area contributed by atoms with Gasteiger partial charge in [0, 0.05) is 12.3 Å². The first-order valence-corrected chi connectivity index (χ1v) is 9.89. The largest absolute Gasteiger partial charge is 0.434 e. The third-order valence-electron chi connectivity index (χ3n) is 4.39. The van der Waals surface area contributed by atoms with Gasteiger partial charge in [0.05, 0.1) is 10.6 Å². The van der Waals surface area contributed by atoms with Gasteiger partial charge in [-0.2, -0.15) is 0 Å². The summed E-state index contributed by atoms with van der Waals surface area (Å²) in [4.78, 5) is 16.4. The second-order valence-electron chi connectivity index (χ2n) is 6.59. The van der Waals surface area contributed by atoms with Gasteiger partial charge in [-0.05, 0) is 42.9 Å². The summed E-state index contributed by atoms with van der Waals surface area (Å²) in [6.45, 7) is 1.94. The Morgan fingerprint density at radius 3 is 2.66 bits per heavy atom. The van der Waals surface area contributed by atoms with Crippen LogP contribution >= 0.6 is 34.8 Å². The van der Waals surface area contributed by atoms with E-state index in [1.165, 1.54) is 18.3 Å². The normalized spacial score (nSPS) is 13.2. The van der Waals surface area contributed by atoms with E-state index in [4.69, 9.17) is 44.3 Å². The van der Waals surface area contributed by atoms with Crippen molar-refractivity contribution < 1.29 is 14.3 Å². The molecule has 0 N–H and O–H groups in total. The summed E-state index contributed by atoms with van der Waals surface area (Å²) >= 11 is 17.7. The van der Waals surface area contributed by atoms with Gasteiger partial charge in [-0.1, -0.05) is 53.0 Å². The smallest absolute Gasteiger partial charge is 0.345 e. The zero-order valence-electron chi connectivity index (χ0n) is 15.2.